The molecule has 0 saturated heterocycles. The number of aromatic nitrogens is 2. The molecule has 1 heterocycles. The lowest BCUT2D eigenvalue weighted by Gasteiger charge is -2.06. The van der Waals surface area contributed by atoms with Crippen LogP contribution in [0.1, 0.15) is 12.8 Å². The maximum Gasteiger partial charge on any atom is 0.389 e. The quantitative estimate of drug-likeness (QED) is 0.766. The predicted octanol–water partition coefficient (Wildman–Crippen LogP) is 2.23. The maximum atomic E-state index is 11.7. The third kappa shape index (κ3) is 4.64. The van der Waals surface area contributed by atoms with Crippen LogP contribution in [0, 0.1) is 0 Å². The highest BCUT2D eigenvalue weighted by molar-refractivity contribution is 5.29. The molecule has 0 bridgehead atoms. The minimum absolute atomic E-state index is 0.0417. The minimum atomic E-state index is -4.08. The van der Waals surface area contributed by atoms with Crippen molar-refractivity contribution in [3.05, 3.63) is 18.6 Å². The Labute approximate surface area is 79.4 Å². The Balaban J connectivity index is 2.17. The Morgan fingerprint density at radius 1 is 1.29 bits per heavy atom. The van der Waals surface area contributed by atoms with Crippen LogP contribution >= 0.6 is 0 Å². The van der Waals surface area contributed by atoms with Crippen LogP contribution in [0.4, 0.5) is 19.0 Å². The van der Waals surface area contributed by atoms with E-state index in [-0.39, 0.29) is 13.0 Å². The van der Waals surface area contributed by atoms with Crippen LogP contribution in [0.25, 0.3) is 0 Å². The van der Waals surface area contributed by atoms with E-state index in [9.17, 15) is 13.2 Å². The van der Waals surface area contributed by atoms with Crippen LogP contribution in [-0.2, 0) is 0 Å². The summed E-state index contributed by atoms with van der Waals surface area (Å²) < 4.78 is 35.2. The van der Waals surface area contributed by atoms with E-state index in [0.29, 0.717) is 5.82 Å². The van der Waals surface area contributed by atoms with Crippen molar-refractivity contribution in [2.75, 3.05) is 11.9 Å². The molecule has 3 nitrogen and oxygen atoms in total. The molecule has 1 rings (SSSR count). The van der Waals surface area contributed by atoms with Crippen molar-refractivity contribution >= 4 is 5.82 Å². The molecule has 1 aromatic rings. The van der Waals surface area contributed by atoms with Crippen LogP contribution < -0.4 is 5.32 Å². The molecule has 0 spiro atoms. The molecule has 0 amide bonds. The first-order valence-corrected chi connectivity index (χ1v) is 4.14. The summed E-state index contributed by atoms with van der Waals surface area (Å²) in [6, 6.07) is 0. The van der Waals surface area contributed by atoms with E-state index in [0.717, 1.165) is 0 Å². The number of nitrogens with zero attached hydrogens (tertiary/aromatic N) is 2. The van der Waals surface area contributed by atoms with E-state index in [4.69, 9.17) is 0 Å². The van der Waals surface area contributed by atoms with Gasteiger partial charge in [-0.2, -0.15) is 13.2 Å². The Morgan fingerprint density at radius 3 is 2.64 bits per heavy atom. The molecule has 78 valence electrons. The zero-order chi connectivity index (χ0) is 10.4. The van der Waals surface area contributed by atoms with E-state index in [1.807, 2.05) is 0 Å². The molecule has 0 radical (unpaired) electrons. The second-order valence-electron chi connectivity index (χ2n) is 2.74. The van der Waals surface area contributed by atoms with Crippen LogP contribution in [0.15, 0.2) is 18.6 Å². The number of nitrogens with one attached hydrogen (secondary N) is 1. The fourth-order valence-corrected chi connectivity index (χ4v) is 0.896. The zero-order valence-corrected chi connectivity index (χ0v) is 7.38. The molecule has 0 unspecified atom stereocenters. The number of halogens is 3. The average Bonchev–Trinajstić information content (AvgIpc) is 2.13. The summed E-state index contributed by atoms with van der Waals surface area (Å²) in [5.74, 6) is 0.495. The van der Waals surface area contributed by atoms with Crippen molar-refractivity contribution in [3.63, 3.8) is 0 Å². The summed E-state index contributed by atoms with van der Waals surface area (Å²) in [4.78, 5) is 7.62. The summed E-state index contributed by atoms with van der Waals surface area (Å²) in [5.41, 5.74) is 0. The summed E-state index contributed by atoms with van der Waals surface area (Å²) in [5, 5.41) is 2.74. The van der Waals surface area contributed by atoms with Crippen molar-refractivity contribution in [1.82, 2.24) is 9.97 Å². The first kappa shape index (κ1) is 10.7. The van der Waals surface area contributed by atoms with Gasteiger partial charge in [-0.05, 0) is 6.42 Å². The third-order valence-electron chi connectivity index (χ3n) is 1.51. The van der Waals surface area contributed by atoms with Gasteiger partial charge < -0.3 is 5.32 Å². The van der Waals surface area contributed by atoms with Gasteiger partial charge in [0.2, 0.25) is 0 Å². The number of hydrogen-bond donors (Lipinski definition) is 1. The lowest BCUT2D eigenvalue weighted by atomic mass is 10.3. The molecule has 1 aromatic heterocycles. The van der Waals surface area contributed by atoms with E-state index < -0.39 is 12.6 Å². The van der Waals surface area contributed by atoms with E-state index in [1.165, 1.54) is 18.6 Å². The summed E-state index contributed by atoms with van der Waals surface area (Å²) >= 11 is 0. The molecule has 0 fully saturated rings. The highest BCUT2D eigenvalue weighted by atomic mass is 19.4. The van der Waals surface area contributed by atoms with Crippen molar-refractivity contribution in [3.8, 4) is 0 Å². The minimum Gasteiger partial charge on any atom is -0.369 e. The average molecular weight is 205 g/mol. The molecular formula is C8H10F3N3. The number of alkyl halides is 3. The van der Waals surface area contributed by atoms with Crippen LogP contribution in [0.2, 0.25) is 0 Å². The largest absolute Gasteiger partial charge is 0.389 e. The van der Waals surface area contributed by atoms with Gasteiger partial charge >= 0.3 is 6.18 Å². The van der Waals surface area contributed by atoms with Crippen LogP contribution in [0.3, 0.4) is 0 Å². The topological polar surface area (TPSA) is 37.8 Å². The SMILES string of the molecule is FC(F)(F)CCCNc1cnccn1. The van der Waals surface area contributed by atoms with Gasteiger partial charge in [0.1, 0.15) is 5.82 Å². The smallest absolute Gasteiger partial charge is 0.369 e. The normalized spacial score (nSPS) is 11.4. The Bertz CT molecular complexity index is 260. The van der Waals surface area contributed by atoms with Gasteiger partial charge in [0.15, 0.2) is 0 Å². The third-order valence-corrected chi connectivity index (χ3v) is 1.51. The standard InChI is InChI=1S/C8H10F3N3/c9-8(10,11)2-1-3-13-7-6-12-4-5-14-7/h4-6H,1-3H2,(H,13,14). The van der Waals surface area contributed by atoms with Gasteiger partial charge in [0.25, 0.3) is 0 Å². The van der Waals surface area contributed by atoms with Gasteiger partial charge in [-0.1, -0.05) is 0 Å². The lowest BCUT2D eigenvalue weighted by Crippen LogP contribution is -2.11. The summed E-state index contributed by atoms with van der Waals surface area (Å²) in [6.45, 7) is 0.248. The second-order valence-corrected chi connectivity index (χ2v) is 2.74. The molecular weight excluding hydrogens is 195 g/mol. The van der Waals surface area contributed by atoms with Gasteiger partial charge in [-0.3, -0.25) is 4.98 Å². The molecule has 14 heavy (non-hydrogen) atoms. The monoisotopic (exact) mass is 205 g/mol. The zero-order valence-electron chi connectivity index (χ0n) is 7.38. The molecule has 1 N–H and O–H groups in total. The first-order valence-electron chi connectivity index (χ1n) is 4.14. The Hall–Kier alpha value is -1.33. The van der Waals surface area contributed by atoms with Crippen LogP contribution in [0.5, 0.6) is 0 Å². The van der Waals surface area contributed by atoms with Gasteiger partial charge in [0.05, 0.1) is 6.20 Å². The van der Waals surface area contributed by atoms with Gasteiger partial charge in [0, 0.05) is 25.4 Å². The molecule has 0 saturated carbocycles. The van der Waals surface area contributed by atoms with Crippen molar-refractivity contribution in [1.29, 1.82) is 0 Å². The highest BCUT2D eigenvalue weighted by Gasteiger charge is 2.25. The molecule has 0 aromatic carbocycles. The Morgan fingerprint density at radius 2 is 2.07 bits per heavy atom. The molecule has 0 aliphatic carbocycles. The van der Waals surface area contributed by atoms with E-state index in [2.05, 4.69) is 15.3 Å². The fourth-order valence-electron chi connectivity index (χ4n) is 0.896. The summed E-state index contributed by atoms with van der Waals surface area (Å²) in [7, 11) is 0. The molecule has 0 aliphatic rings. The number of rotatable bonds is 4. The fraction of sp³-hybridized carbons (Fsp3) is 0.500. The van der Waals surface area contributed by atoms with E-state index in [1.54, 1.807) is 0 Å². The van der Waals surface area contributed by atoms with Crippen molar-refractivity contribution < 1.29 is 13.2 Å². The van der Waals surface area contributed by atoms with Gasteiger partial charge in [-0.15, -0.1) is 0 Å². The highest BCUT2D eigenvalue weighted by Crippen LogP contribution is 2.20. The predicted molar refractivity (Wildman–Crippen MR) is 45.8 cm³/mol. The Kier molecular flexibility index (Phi) is 3.67. The number of anilines is 1. The lowest BCUT2D eigenvalue weighted by molar-refractivity contribution is -0.134. The molecule has 6 heteroatoms. The molecule has 0 atom stereocenters. The molecule has 0 aliphatic heterocycles. The van der Waals surface area contributed by atoms with Crippen LogP contribution in [-0.4, -0.2) is 22.7 Å². The first-order chi connectivity index (χ1) is 6.58. The number of hydrogen-bond acceptors (Lipinski definition) is 3. The van der Waals surface area contributed by atoms with Crippen molar-refractivity contribution in [2.45, 2.75) is 19.0 Å². The van der Waals surface area contributed by atoms with Gasteiger partial charge in [-0.25, -0.2) is 4.98 Å². The van der Waals surface area contributed by atoms with Crippen molar-refractivity contribution in [2.24, 2.45) is 0 Å². The maximum absolute atomic E-state index is 11.7. The second kappa shape index (κ2) is 4.78. The summed E-state index contributed by atoms with van der Waals surface area (Å²) in [6.07, 6.45) is -0.370. The van der Waals surface area contributed by atoms with E-state index >= 15 is 0 Å².